The van der Waals surface area contributed by atoms with E-state index in [1.165, 1.54) is 0 Å². The molecule has 1 aliphatic rings. The standard InChI is InChI=1S/C19H20N2O4S/c1-12(22)14-4-5-15(20-11-14)8-9-25-16-6-2-13(3-7-16)10-17-18(23)21-19(24)26-17/h2-7,11-12,17,22H,8-10H2,1H3,(H,21,23,24)/i2D,3D,6D,7D. The Morgan fingerprint density at radius 1 is 1.35 bits per heavy atom. The van der Waals surface area contributed by atoms with Crippen molar-refractivity contribution in [2.24, 2.45) is 0 Å². The van der Waals surface area contributed by atoms with Crippen LogP contribution in [0.5, 0.6) is 5.75 Å². The molecule has 2 heterocycles. The van der Waals surface area contributed by atoms with Crippen LogP contribution in [-0.2, 0) is 17.6 Å². The SMILES string of the molecule is [2H]c1c([2H])c(OCCc2ccc(C(C)O)cn2)c([2H])c([2H])c1CC1SC(=O)NC1=O. The van der Waals surface area contributed by atoms with Crippen LogP contribution in [0.25, 0.3) is 0 Å². The predicted octanol–water partition coefficient (Wildman–Crippen LogP) is 2.65. The maximum atomic E-state index is 11.8. The van der Waals surface area contributed by atoms with Gasteiger partial charge in [0.05, 0.1) is 23.4 Å². The second-order valence-electron chi connectivity index (χ2n) is 5.75. The van der Waals surface area contributed by atoms with Crippen molar-refractivity contribution in [2.45, 2.75) is 31.1 Å². The van der Waals surface area contributed by atoms with E-state index in [-0.39, 0.29) is 48.5 Å². The molecule has 1 aromatic carbocycles. The van der Waals surface area contributed by atoms with Crippen LogP contribution >= 0.6 is 11.8 Å². The summed E-state index contributed by atoms with van der Waals surface area (Å²) < 4.78 is 38.2. The lowest BCUT2D eigenvalue weighted by molar-refractivity contribution is -0.118. The van der Waals surface area contributed by atoms with E-state index in [2.05, 4.69) is 10.3 Å². The third-order valence-electron chi connectivity index (χ3n) is 3.74. The van der Waals surface area contributed by atoms with Crippen molar-refractivity contribution in [2.75, 3.05) is 6.61 Å². The highest BCUT2D eigenvalue weighted by Gasteiger charge is 2.31. The van der Waals surface area contributed by atoms with E-state index in [0.29, 0.717) is 17.7 Å². The molecule has 2 N–H and O–H groups in total. The van der Waals surface area contributed by atoms with Crippen LogP contribution in [0.4, 0.5) is 4.79 Å². The van der Waals surface area contributed by atoms with Crippen molar-refractivity contribution in [3.8, 4) is 5.75 Å². The highest BCUT2D eigenvalue weighted by Crippen LogP contribution is 2.24. The molecular formula is C19H20N2O4S. The molecule has 0 spiro atoms. The molecule has 0 saturated carbocycles. The van der Waals surface area contributed by atoms with E-state index in [0.717, 1.165) is 11.8 Å². The number of imide groups is 1. The Labute approximate surface area is 161 Å². The van der Waals surface area contributed by atoms with Gasteiger partial charge in [-0.1, -0.05) is 29.9 Å². The highest BCUT2D eigenvalue weighted by molar-refractivity contribution is 8.15. The lowest BCUT2D eigenvalue weighted by Gasteiger charge is -2.09. The normalized spacial score (nSPS) is 20.0. The number of hydrogen-bond acceptors (Lipinski definition) is 6. The molecule has 1 aliphatic heterocycles. The molecule has 2 aromatic rings. The molecule has 0 radical (unpaired) electrons. The van der Waals surface area contributed by atoms with Crippen molar-refractivity contribution in [3.63, 3.8) is 0 Å². The molecule has 2 atom stereocenters. The van der Waals surface area contributed by atoms with Crippen LogP contribution in [0.2, 0.25) is 0 Å². The number of rotatable bonds is 7. The Morgan fingerprint density at radius 2 is 2.12 bits per heavy atom. The van der Waals surface area contributed by atoms with Crippen molar-refractivity contribution in [1.29, 1.82) is 0 Å². The van der Waals surface area contributed by atoms with Crippen LogP contribution in [0.15, 0.2) is 42.5 Å². The number of pyridine rings is 1. The molecule has 1 fully saturated rings. The molecule has 3 rings (SSSR count). The van der Waals surface area contributed by atoms with Crippen LogP contribution in [0.1, 0.15) is 35.3 Å². The number of hydrogen-bond donors (Lipinski definition) is 2. The summed E-state index contributed by atoms with van der Waals surface area (Å²) in [6.07, 6.45) is 1.24. The lowest BCUT2D eigenvalue weighted by atomic mass is 10.1. The summed E-state index contributed by atoms with van der Waals surface area (Å²) in [4.78, 5) is 27.3. The summed E-state index contributed by atoms with van der Waals surface area (Å²) in [6.45, 7) is 1.73. The zero-order valence-electron chi connectivity index (χ0n) is 18.0. The Kier molecular flexibility index (Phi) is 4.42. The molecule has 136 valence electrons. The molecule has 6 nitrogen and oxygen atoms in total. The highest BCUT2D eigenvalue weighted by atomic mass is 32.2. The van der Waals surface area contributed by atoms with Crippen molar-refractivity contribution < 1.29 is 24.9 Å². The van der Waals surface area contributed by atoms with Gasteiger partial charge in [0, 0.05) is 18.3 Å². The number of thioether (sulfide) groups is 1. The number of benzene rings is 1. The predicted molar refractivity (Wildman–Crippen MR) is 99.1 cm³/mol. The fraction of sp³-hybridized carbons (Fsp3) is 0.316. The van der Waals surface area contributed by atoms with Gasteiger partial charge in [-0.3, -0.25) is 19.9 Å². The second-order valence-corrected chi connectivity index (χ2v) is 6.93. The number of ether oxygens (including phenoxy) is 1. The summed E-state index contributed by atoms with van der Waals surface area (Å²) >= 11 is 0.773. The Bertz CT molecular complexity index is 956. The van der Waals surface area contributed by atoms with E-state index in [1.807, 2.05) is 0 Å². The molecular weight excluding hydrogens is 352 g/mol. The minimum atomic E-state index is -0.785. The minimum Gasteiger partial charge on any atom is -0.493 e. The maximum Gasteiger partial charge on any atom is 0.286 e. The van der Waals surface area contributed by atoms with Gasteiger partial charge in [0.25, 0.3) is 5.24 Å². The molecule has 26 heavy (non-hydrogen) atoms. The number of nitrogens with one attached hydrogen (secondary N) is 1. The quantitative estimate of drug-likeness (QED) is 0.772. The van der Waals surface area contributed by atoms with Gasteiger partial charge in [-0.25, -0.2) is 0 Å². The number of nitrogens with zero attached hydrogens (tertiary/aromatic N) is 1. The minimum absolute atomic E-state index is 0.0649. The summed E-state index contributed by atoms with van der Waals surface area (Å²) in [5.74, 6) is -0.676. The molecule has 2 amide bonds. The van der Waals surface area contributed by atoms with Gasteiger partial charge in [-0.15, -0.1) is 0 Å². The topological polar surface area (TPSA) is 88.5 Å². The smallest absolute Gasteiger partial charge is 0.286 e. The van der Waals surface area contributed by atoms with Gasteiger partial charge < -0.3 is 9.84 Å². The molecule has 1 aromatic heterocycles. The van der Waals surface area contributed by atoms with Gasteiger partial charge in [0.15, 0.2) is 0 Å². The monoisotopic (exact) mass is 376 g/mol. The van der Waals surface area contributed by atoms with E-state index in [4.69, 9.17) is 10.2 Å². The summed E-state index contributed by atoms with van der Waals surface area (Å²) in [5.41, 5.74) is 1.45. The number of carbonyl (C=O) groups is 2. The fourth-order valence-electron chi connectivity index (χ4n) is 2.30. The van der Waals surface area contributed by atoms with E-state index >= 15 is 0 Å². The van der Waals surface area contributed by atoms with Crippen molar-refractivity contribution in [3.05, 3.63) is 59.3 Å². The molecule has 7 heteroatoms. The number of aliphatic hydroxyl groups excluding tert-OH is 1. The first kappa shape index (κ1) is 13.8. The van der Waals surface area contributed by atoms with E-state index in [1.54, 1.807) is 25.3 Å². The average molecular weight is 376 g/mol. The first-order valence-corrected chi connectivity index (χ1v) is 8.93. The van der Waals surface area contributed by atoms with Crippen molar-refractivity contribution in [1.82, 2.24) is 10.3 Å². The Balaban J connectivity index is 1.72. The molecule has 2 unspecified atom stereocenters. The average Bonchev–Trinajstić information content (AvgIpc) is 3.03. The number of carbonyl (C=O) groups excluding carboxylic acids is 2. The van der Waals surface area contributed by atoms with Gasteiger partial charge in [0.1, 0.15) is 5.75 Å². The zero-order valence-corrected chi connectivity index (χ0v) is 14.9. The number of amides is 2. The number of aliphatic hydroxyl groups is 1. The van der Waals surface area contributed by atoms with Gasteiger partial charge >= 0.3 is 0 Å². The third-order valence-corrected chi connectivity index (χ3v) is 4.73. The summed E-state index contributed by atoms with van der Waals surface area (Å²) in [7, 11) is 0. The van der Waals surface area contributed by atoms with Crippen LogP contribution in [-0.4, -0.2) is 33.1 Å². The Hall–Kier alpha value is -2.38. The van der Waals surface area contributed by atoms with E-state index in [9.17, 15) is 14.7 Å². The van der Waals surface area contributed by atoms with Gasteiger partial charge in [0.2, 0.25) is 5.91 Å². The van der Waals surface area contributed by atoms with Gasteiger partial charge in [-0.2, -0.15) is 0 Å². The maximum absolute atomic E-state index is 11.8. The summed E-state index contributed by atoms with van der Waals surface area (Å²) in [5, 5.41) is 10.4. The first-order valence-electron chi connectivity index (χ1n) is 10.1. The van der Waals surface area contributed by atoms with Crippen LogP contribution < -0.4 is 10.1 Å². The summed E-state index contributed by atoms with van der Waals surface area (Å²) in [6, 6.07) is 2.24. The van der Waals surface area contributed by atoms with Crippen LogP contribution in [0.3, 0.4) is 0 Å². The largest absolute Gasteiger partial charge is 0.493 e. The first-order chi connectivity index (χ1) is 14.2. The third kappa shape index (κ3) is 4.83. The van der Waals surface area contributed by atoms with Crippen LogP contribution in [0, 0.1) is 0 Å². The van der Waals surface area contributed by atoms with Crippen molar-refractivity contribution >= 4 is 22.9 Å². The second kappa shape index (κ2) is 8.33. The fourth-order valence-corrected chi connectivity index (χ4v) is 3.14. The molecule has 0 aliphatic carbocycles. The lowest BCUT2D eigenvalue weighted by Crippen LogP contribution is -2.25. The van der Waals surface area contributed by atoms with E-state index < -0.39 is 22.5 Å². The zero-order chi connectivity index (χ0) is 22.0. The Morgan fingerprint density at radius 3 is 2.69 bits per heavy atom. The molecule has 1 saturated heterocycles. The molecule has 0 bridgehead atoms. The number of aromatic nitrogens is 1. The van der Waals surface area contributed by atoms with Gasteiger partial charge in [-0.05, 0) is 42.6 Å².